The molecular weight excluding hydrogens is 460 g/mol. The molecule has 0 aliphatic heterocycles. The summed E-state index contributed by atoms with van der Waals surface area (Å²) in [5.41, 5.74) is 3.36. The van der Waals surface area contributed by atoms with Crippen molar-refractivity contribution in [3.05, 3.63) is 107 Å². The summed E-state index contributed by atoms with van der Waals surface area (Å²) >= 11 is 0. The molecule has 6 N–H and O–H groups in total. The van der Waals surface area contributed by atoms with Gasteiger partial charge in [0.1, 0.15) is 34.5 Å². The Morgan fingerprint density at radius 3 is 1.75 bits per heavy atom. The number of benzene rings is 4. The van der Waals surface area contributed by atoms with Crippen molar-refractivity contribution in [2.24, 2.45) is 0 Å². The topological polar surface area (TPSA) is 131 Å². The first kappa shape index (κ1) is 23.4. The third-order valence-electron chi connectivity index (χ3n) is 6.95. The van der Waals surface area contributed by atoms with Crippen molar-refractivity contribution in [3.8, 4) is 34.5 Å². The number of phenolic OH excluding ortho intramolecular Hbond substituents is 6. The highest BCUT2D eigenvalue weighted by atomic mass is 16.5. The quantitative estimate of drug-likeness (QED) is 0.225. The summed E-state index contributed by atoms with van der Waals surface area (Å²) in [6.07, 6.45) is -0.555. The zero-order valence-electron chi connectivity index (χ0n) is 19.4. The van der Waals surface area contributed by atoms with Gasteiger partial charge in [0.05, 0.1) is 6.10 Å². The number of hydrogen-bond donors (Lipinski definition) is 6. The molecule has 7 heteroatoms. The fourth-order valence-electron chi connectivity index (χ4n) is 5.61. The predicted octanol–water partition coefficient (Wildman–Crippen LogP) is 5.32. The fraction of sp³-hybridized carbons (Fsp3) is 0.172. The largest absolute Gasteiger partial charge is 0.508 e. The molecule has 0 spiro atoms. The Bertz CT molecular complexity index is 1380. The third kappa shape index (κ3) is 4.03. The Hall–Kier alpha value is -4.36. The molecule has 0 fully saturated rings. The van der Waals surface area contributed by atoms with Gasteiger partial charge in [-0.05, 0) is 64.7 Å². The smallest absolute Gasteiger partial charge is 0.123 e. The standard InChI is InChI=1S/C29H26O7/c1-36-29(16-4-8-19(31)9-5-16)28-23-13-22(34)14-24(35)27(23)26(17-10-20(32)12-21(33)11-17)25(28)15-2-6-18(30)7-3-15/h2-14,25-26,28-35H,1H3/t25-,26-,28+,29-/m1/s1. The van der Waals surface area contributed by atoms with Gasteiger partial charge in [0.15, 0.2) is 0 Å². The van der Waals surface area contributed by atoms with E-state index in [1.165, 1.54) is 12.1 Å². The van der Waals surface area contributed by atoms with Crippen LogP contribution < -0.4 is 0 Å². The molecule has 184 valence electrons. The van der Waals surface area contributed by atoms with Gasteiger partial charge in [-0.25, -0.2) is 0 Å². The van der Waals surface area contributed by atoms with Crippen LogP contribution >= 0.6 is 0 Å². The molecule has 0 bridgehead atoms. The number of ether oxygens (including phenoxy) is 1. The van der Waals surface area contributed by atoms with Crippen molar-refractivity contribution >= 4 is 0 Å². The van der Waals surface area contributed by atoms with Crippen LogP contribution in [-0.4, -0.2) is 37.7 Å². The van der Waals surface area contributed by atoms with E-state index in [9.17, 15) is 30.6 Å². The lowest BCUT2D eigenvalue weighted by Gasteiger charge is -2.32. The maximum absolute atomic E-state index is 11.1. The molecule has 4 aromatic rings. The summed E-state index contributed by atoms with van der Waals surface area (Å²) < 4.78 is 6.01. The first-order valence-corrected chi connectivity index (χ1v) is 11.5. The number of rotatable bonds is 5. The Morgan fingerprint density at radius 2 is 1.17 bits per heavy atom. The average molecular weight is 487 g/mol. The number of fused-ring (bicyclic) bond motifs is 1. The van der Waals surface area contributed by atoms with Crippen molar-refractivity contribution in [1.29, 1.82) is 0 Å². The minimum absolute atomic E-state index is 0.0969. The third-order valence-corrected chi connectivity index (χ3v) is 6.95. The van der Waals surface area contributed by atoms with Crippen LogP contribution in [0.15, 0.2) is 78.9 Å². The molecule has 5 rings (SSSR count). The highest BCUT2D eigenvalue weighted by molar-refractivity contribution is 5.61. The van der Waals surface area contributed by atoms with Crippen molar-refractivity contribution in [2.45, 2.75) is 23.9 Å². The van der Waals surface area contributed by atoms with Crippen LogP contribution in [0.5, 0.6) is 34.5 Å². The molecule has 0 saturated carbocycles. The lowest BCUT2D eigenvalue weighted by atomic mass is 9.75. The van der Waals surface area contributed by atoms with Gasteiger partial charge in [0.25, 0.3) is 0 Å². The van der Waals surface area contributed by atoms with E-state index >= 15 is 0 Å². The van der Waals surface area contributed by atoms with Crippen LogP contribution in [0.2, 0.25) is 0 Å². The van der Waals surface area contributed by atoms with E-state index in [2.05, 4.69) is 0 Å². The van der Waals surface area contributed by atoms with Gasteiger partial charge in [-0.2, -0.15) is 0 Å². The minimum Gasteiger partial charge on any atom is -0.508 e. The van der Waals surface area contributed by atoms with Crippen molar-refractivity contribution in [2.75, 3.05) is 7.11 Å². The molecule has 0 unspecified atom stereocenters. The van der Waals surface area contributed by atoms with E-state index in [-0.39, 0.29) is 34.5 Å². The number of hydrogen-bond acceptors (Lipinski definition) is 7. The molecule has 1 aliphatic rings. The normalized spacial score (nSPS) is 19.6. The summed E-state index contributed by atoms with van der Waals surface area (Å²) in [5, 5.41) is 61.9. The van der Waals surface area contributed by atoms with Crippen LogP contribution in [0, 0.1) is 0 Å². The van der Waals surface area contributed by atoms with Crippen molar-refractivity contribution < 1.29 is 35.4 Å². The molecule has 7 nitrogen and oxygen atoms in total. The molecule has 0 saturated heterocycles. The Morgan fingerprint density at radius 1 is 0.611 bits per heavy atom. The van der Waals surface area contributed by atoms with Crippen molar-refractivity contribution in [1.82, 2.24) is 0 Å². The van der Waals surface area contributed by atoms with E-state index in [1.807, 2.05) is 0 Å². The van der Waals surface area contributed by atoms with Gasteiger partial charge in [0.2, 0.25) is 0 Å². The summed E-state index contributed by atoms with van der Waals surface area (Å²) in [4.78, 5) is 0. The summed E-state index contributed by atoms with van der Waals surface area (Å²) in [6.45, 7) is 0. The van der Waals surface area contributed by atoms with E-state index in [1.54, 1.807) is 73.8 Å². The predicted molar refractivity (Wildman–Crippen MR) is 133 cm³/mol. The van der Waals surface area contributed by atoms with Crippen LogP contribution in [0.25, 0.3) is 0 Å². The Kier molecular flexibility index (Phi) is 5.86. The maximum Gasteiger partial charge on any atom is 0.123 e. The van der Waals surface area contributed by atoms with Gasteiger partial charge < -0.3 is 35.4 Å². The second kappa shape index (κ2) is 9.02. The molecule has 1 aliphatic carbocycles. The second-order valence-electron chi connectivity index (χ2n) is 9.12. The van der Waals surface area contributed by atoms with E-state index < -0.39 is 23.9 Å². The highest BCUT2D eigenvalue weighted by Crippen LogP contribution is 2.62. The van der Waals surface area contributed by atoms with Gasteiger partial charge in [-0.1, -0.05) is 24.3 Å². The van der Waals surface area contributed by atoms with E-state index in [0.29, 0.717) is 16.7 Å². The van der Waals surface area contributed by atoms with Crippen LogP contribution in [0.1, 0.15) is 51.7 Å². The first-order chi connectivity index (χ1) is 17.3. The molecule has 4 aromatic carbocycles. The van der Waals surface area contributed by atoms with E-state index in [0.717, 1.165) is 11.1 Å². The molecule has 0 heterocycles. The number of methoxy groups -OCH3 is 1. The van der Waals surface area contributed by atoms with Crippen LogP contribution in [0.4, 0.5) is 0 Å². The molecule has 0 aromatic heterocycles. The van der Waals surface area contributed by atoms with Gasteiger partial charge in [0, 0.05) is 42.6 Å². The first-order valence-electron chi connectivity index (χ1n) is 11.5. The summed E-state index contributed by atoms with van der Waals surface area (Å²) in [6, 6.07) is 20.6. The Labute approximate surface area is 207 Å². The number of aromatic hydroxyl groups is 6. The van der Waals surface area contributed by atoms with Crippen molar-refractivity contribution in [3.63, 3.8) is 0 Å². The molecule has 36 heavy (non-hydrogen) atoms. The number of phenols is 6. The van der Waals surface area contributed by atoms with Gasteiger partial charge in [-0.3, -0.25) is 0 Å². The molecule has 0 amide bonds. The second-order valence-corrected chi connectivity index (χ2v) is 9.12. The monoisotopic (exact) mass is 486 g/mol. The van der Waals surface area contributed by atoms with Gasteiger partial charge in [-0.15, -0.1) is 0 Å². The fourth-order valence-corrected chi connectivity index (χ4v) is 5.61. The lowest BCUT2D eigenvalue weighted by molar-refractivity contribution is 0.0718. The minimum atomic E-state index is -0.555. The zero-order valence-corrected chi connectivity index (χ0v) is 19.4. The molecule has 0 radical (unpaired) electrons. The SMILES string of the molecule is CO[C@H](c1ccc(O)cc1)[C@H]1c2cc(O)cc(O)c2[C@H](c2cc(O)cc(O)c2)[C@H]1c1ccc(O)cc1. The molecule has 4 atom stereocenters. The van der Waals surface area contributed by atoms with Crippen LogP contribution in [-0.2, 0) is 4.74 Å². The summed E-state index contributed by atoms with van der Waals surface area (Å²) in [5.74, 6) is -1.65. The maximum atomic E-state index is 11.1. The molecular formula is C29H26O7. The Balaban J connectivity index is 1.80. The zero-order chi connectivity index (χ0) is 25.6. The van der Waals surface area contributed by atoms with Crippen LogP contribution in [0.3, 0.4) is 0 Å². The average Bonchev–Trinajstić information content (AvgIpc) is 3.16. The van der Waals surface area contributed by atoms with E-state index in [4.69, 9.17) is 4.74 Å². The summed E-state index contributed by atoms with van der Waals surface area (Å²) in [7, 11) is 1.57. The van der Waals surface area contributed by atoms with Gasteiger partial charge >= 0.3 is 0 Å². The highest BCUT2D eigenvalue weighted by Gasteiger charge is 2.48. The lowest BCUT2D eigenvalue weighted by Crippen LogP contribution is -2.19.